The van der Waals surface area contributed by atoms with Crippen LogP contribution >= 0.6 is 0 Å². The van der Waals surface area contributed by atoms with E-state index in [0.717, 1.165) is 5.56 Å². The first kappa shape index (κ1) is 13.0. The maximum atomic E-state index is 10.8. The van der Waals surface area contributed by atoms with E-state index in [9.17, 15) is 14.9 Å². The van der Waals surface area contributed by atoms with Gasteiger partial charge in [-0.05, 0) is 25.5 Å². The molecule has 0 unspecified atom stereocenters. The van der Waals surface area contributed by atoms with Crippen molar-refractivity contribution in [2.45, 2.75) is 26.4 Å². The summed E-state index contributed by atoms with van der Waals surface area (Å²) in [5.41, 5.74) is 0.595. The summed E-state index contributed by atoms with van der Waals surface area (Å²) in [6, 6.07) is 4.55. The predicted molar refractivity (Wildman–Crippen MR) is 60.2 cm³/mol. The molecule has 0 amide bonds. The van der Waals surface area contributed by atoms with Gasteiger partial charge in [0.25, 0.3) is 0 Å². The first-order chi connectivity index (χ1) is 7.90. The van der Waals surface area contributed by atoms with Gasteiger partial charge in [0.05, 0.1) is 11.3 Å². The smallest absolute Gasteiger partial charge is 0.311 e. The molecule has 0 aliphatic heterocycles. The van der Waals surface area contributed by atoms with Crippen molar-refractivity contribution in [3.05, 3.63) is 33.9 Å². The molecule has 1 atom stereocenters. The molecular weight excluding hydrogens is 226 g/mol. The minimum atomic E-state index is -1.01. The van der Waals surface area contributed by atoms with Crippen molar-refractivity contribution in [2.24, 2.45) is 0 Å². The van der Waals surface area contributed by atoms with Crippen molar-refractivity contribution in [1.82, 2.24) is 0 Å². The van der Waals surface area contributed by atoms with E-state index in [0.29, 0.717) is 0 Å². The normalized spacial score (nSPS) is 11.9. The Kier molecular flexibility index (Phi) is 4.03. The zero-order valence-corrected chi connectivity index (χ0v) is 9.54. The summed E-state index contributed by atoms with van der Waals surface area (Å²) in [5, 5.41) is 19.4. The fourth-order valence-electron chi connectivity index (χ4n) is 1.37. The lowest BCUT2D eigenvalue weighted by atomic mass is 10.2. The highest BCUT2D eigenvalue weighted by molar-refractivity contribution is 5.67. The lowest BCUT2D eigenvalue weighted by Crippen LogP contribution is -2.17. The third-order valence-corrected chi connectivity index (χ3v) is 2.10. The largest absolute Gasteiger partial charge is 0.483 e. The summed E-state index contributed by atoms with van der Waals surface area (Å²) in [7, 11) is 0. The number of ether oxygens (including phenoxy) is 1. The number of rotatable bonds is 5. The van der Waals surface area contributed by atoms with Crippen molar-refractivity contribution in [3.8, 4) is 5.75 Å². The van der Waals surface area contributed by atoms with Crippen LogP contribution < -0.4 is 4.74 Å². The molecule has 0 saturated heterocycles. The Bertz CT molecular complexity index is 443. The lowest BCUT2D eigenvalue weighted by molar-refractivity contribution is -0.386. The van der Waals surface area contributed by atoms with Crippen LogP contribution in [-0.4, -0.2) is 22.1 Å². The molecule has 1 aromatic rings. The molecule has 1 rings (SSSR count). The molecule has 6 nitrogen and oxygen atoms in total. The number of hydrogen-bond donors (Lipinski definition) is 1. The number of carboxylic acid groups (broad SMARTS) is 1. The van der Waals surface area contributed by atoms with Gasteiger partial charge in [0, 0.05) is 6.07 Å². The third-order valence-electron chi connectivity index (χ3n) is 2.10. The second-order valence-electron chi connectivity index (χ2n) is 3.75. The first-order valence-electron chi connectivity index (χ1n) is 5.03. The highest BCUT2D eigenvalue weighted by Gasteiger charge is 2.18. The van der Waals surface area contributed by atoms with Gasteiger partial charge in [-0.3, -0.25) is 14.9 Å². The number of aryl methyl sites for hydroxylation is 1. The van der Waals surface area contributed by atoms with E-state index in [1.54, 1.807) is 19.9 Å². The van der Waals surface area contributed by atoms with Crippen LogP contribution in [0.4, 0.5) is 5.69 Å². The van der Waals surface area contributed by atoms with Gasteiger partial charge < -0.3 is 9.84 Å². The zero-order chi connectivity index (χ0) is 13.0. The lowest BCUT2D eigenvalue weighted by Gasteiger charge is -2.12. The fraction of sp³-hybridized carbons (Fsp3) is 0.364. The molecule has 0 heterocycles. The Hall–Kier alpha value is -2.11. The van der Waals surface area contributed by atoms with Crippen molar-refractivity contribution >= 4 is 11.7 Å². The van der Waals surface area contributed by atoms with Gasteiger partial charge in [0.1, 0.15) is 6.10 Å². The highest BCUT2D eigenvalue weighted by Crippen LogP contribution is 2.28. The van der Waals surface area contributed by atoms with Crippen LogP contribution in [0.25, 0.3) is 0 Å². The number of carboxylic acids is 1. The summed E-state index contributed by atoms with van der Waals surface area (Å²) < 4.78 is 5.25. The molecule has 0 spiro atoms. The topological polar surface area (TPSA) is 89.7 Å². The summed E-state index contributed by atoms with van der Waals surface area (Å²) in [6.07, 6.45) is -0.820. The molecule has 0 fully saturated rings. The highest BCUT2D eigenvalue weighted by atomic mass is 16.6. The molecule has 1 N–H and O–H groups in total. The summed E-state index contributed by atoms with van der Waals surface area (Å²) in [5.74, 6) is -0.915. The summed E-state index contributed by atoms with van der Waals surface area (Å²) in [4.78, 5) is 20.7. The molecule has 92 valence electrons. The number of nitro benzene ring substituents is 1. The number of nitro groups is 1. The number of benzene rings is 1. The van der Waals surface area contributed by atoms with E-state index in [1.165, 1.54) is 12.1 Å². The number of carbonyl (C=O) groups is 1. The molecule has 0 aliphatic carbocycles. The monoisotopic (exact) mass is 239 g/mol. The van der Waals surface area contributed by atoms with Crippen LogP contribution in [0.2, 0.25) is 0 Å². The standard InChI is InChI=1S/C11H13NO5/c1-7-3-4-10(9(5-7)12(15)16)17-8(2)6-11(13)14/h3-5,8H,6H2,1-2H3,(H,13,14)/t8-/m0/s1. The van der Waals surface area contributed by atoms with Crippen LogP contribution in [0, 0.1) is 17.0 Å². The van der Waals surface area contributed by atoms with E-state index in [2.05, 4.69) is 0 Å². The second-order valence-corrected chi connectivity index (χ2v) is 3.75. The Morgan fingerprint density at radius 2 is 2.24 bits per heavy atom. The van der Waals surface area contributed by atoms with Gasteiger partial charge in [0.2, 0.25) is 0 Å². The Morgan fingerprint density at radius 1 is 1.59 bits per heavy atom. The first-order valence-corrected chi connectivity index (χ1v) is 5.03. The minimum Gasteiger partial charge on any atom is -0.483 e. The van der Waals surface area contributed by atoms with E-state index in [-0.39, 0.29) is 17.9 Å². The molecule has 0 aromatic heterocycles. The molecule has 0 aliphatic rings. The quantitative estimate of drug-likeness (QED) is 0.628. The molecule has 17 heavy (non-hydrogen) atoms. The number of nitrogens with zero attached hydrogens (tertiary/aromatic N) is 1. The summed E-state index contributed by atoms with van der Waals surface area (Å²) >= 11 is 0. The molecule has 0 saturated carbocycles. The Labute approximate surface area is 98.0 Å². The Balaban J connectivity index is 2.90. The maximum Gasteiger partial charge on any atom is 0.311 e. The van der Waals surface area contributed by atoms with Crippen LogP contribution in [0.15, 0.2) is 18.2 Å². The van der Waals surface area contributed by atoms with Gasteiger partial charge in [0.15, 0.2) is 5.75 Å². The van der Waals surface area contributed by atoms with E-state index in [1.807, 2.05) is 0 Å². The predicted octanol–water partition coefficient (Wildman–Crippen LogP) is 2.15. The summed E-state index contributed by atoms with van der Waals surface area (Å²) in [6.45, 7) is 3.29. The van der Waals surface area contributed by atoms with E-state index < -0.39 is 17.0 Å². The van der Waals surface area contributed by atoms with Gasteiger partial charge in [-0.1, -0.05) is 6.07 Å². The van der Waals surface area contributed by atoms with Crippen molar-refractivity contribution in [2.75, 3.05) is 0 Å². The van der Waals surface area contributed by atoms with Crippen molar-refractivity contribution < 1.29 is 19.6 Å². The molecule has 6 heteroatoms. The minimum absolute atomic E-state index is 0.0920. The second kappa shape index (κ2) is 5.29. The zero-order valence-electron chi connectivity index (χ0n) is 9.54. The van der Waals surface area contributed by atoms with Crippen LogP contribution in [0.5, 0.6) is 5.75 Å². The molecule has 0 radical (unpaired) electrons. The van der Waals surface area contributed by atoms with Crippen molar-refractivity contribution in [3.63, 3.8) is 0 Å². The van der Waals surface area contributed by atoms with Gasteiger partial charge in [-0.2, -0.15) is 0 Å². The van der Waals surface area contributed by atoms with Crippen LogP contribution in [-0.2, 0) is 4.79 Å². The maximum absolute atomic E-state index is 10.8. The number of aliphatic carboxylic acids is 1. The van der Waals surface area contributed by atoms with E-state index >= 15 is 0 Å². The van der Waals surface area contributed by atoms with Gasteiger partial charge in [-0.15, -0.1) is 0 Å². The van der Waals surface area contributed by atoms with Crippen LogP contribution in [0.3, 0.4) is 0 Å². The van der Waals surface area contributed by atoms with E-state index in [4.69, 9.17) is 9.84 Å². The molecular formula is C11H13NO5. The average molecular weight is 239 g/mol. The Morgan fingerprint density at radius 3 is 2.76 bits per heavy atom. The molecule has 1 aromatic carbocycles. The average Bonchev–Trinajstić information content (AvgIpc) is 2.19. The van der Waals surface area contributed by atoms with Crippen molar-refractivity contribution in [1.29, 1.82) is 0 Å². The third kappa shape index (κ3) is 3.75. The van der Waals surface area contributed by atoms with Gasteiger partial charge >= 0.3 is 11.7 Å². The SMILES string of the molecule is Cc1ccc(O[C@@H](C)CC(=O)O)c([N+](=O)[O-])c1. The van der Waals surface area contributed by atoms with Gasteiger partial charge in [-0.25, -0.2) is 0 Å². The number of hydrogen-bond acceptors (Lipinski definition) is 4. The molecule has 0 bridgehead atoms. The fourth-order valence-corrected chi connectivity index (χ4v) is 1.37. The van der Waals surface area contributed by atoms with Crippen LogP contribution in [0.1, 0.15) is 18.9 Å².